The number of halogens is 3. The Morgan fingerprint density at radius 3 is 2.32 bits per heavy atom. The molecule has 0 radical (unpaired) electrons. The van der Waals surface area contributed by atoms with Crippen LogP contribution in [-0.4, -0.2) is 43.9 Å². The molecule has 1 rings (SSSR count). The molecule has 0 saturated heterocycles. The van der Waals surface area contributed by atoms with E-state index >= 15 is 0 Å². The van der Waals surface area contributed by atoms with Gasteiger partial charge in [-0.1, -0.05) is 6.07 Å². The molecule has 0 bridgehead atoms. The summed E-state index contributed by atoms with van der Waals surface area (Å²) in [5.74, 6) is -1.15. The van der Waals surface area contributed by atoms with Gasteiger partial charge in [0, 0.05) is 12.2 Å². The van der Waals surface area contributed by atoms with Crippen LogP contribution in [0.25, 0.3) is 0 Å². The SMILES string of the molecule is CN(C)CCCNC(=O)C(C)(C)C(=O)Nc1cccc(C(F)(F)F)c1. The Bertz CT molecular complexity index is 613. The highest BCUT2D eigenvalue weighted by molar-refractivity contribution is 6.09. The topological polar surface area (TPSA) is 61.4 Å². The van der Waals surface area contributed by atoms with Gasteiger partial charge >= 0.3 is 6.18 Å². The molecule has 0 aliphatic rings. The van der Waals surface area contributed by atoms with Crippen LogP contribution in [0, 0.1) is 5.41 Å². The minimum Gasteiger partial charge on any atom is -0.355 e. The summed E-state index contributed by atoms with van der Waals surface area (Å²) < 4.78 is 38.2. The Labute approximate surface area is 145 Å². The van der Waals surface area contributed by atoms with E-state index in [1.54, 1.807) is 0 Å². The molecule has 2 N–H and O–H groups in total. The number of carbonyl (C=O) groups excluding carboxylic acids is 2. The van der Waals surface area contributed by atoms with E-state index in [9.17, 15) is 22.8 Å². The highest BCUT2D eigenvalue weighted by Gasteiger charge is 2.36. The molecule has 0 aromatic heterocycles. The fraction of sp³-hybridized carbons (Fsp3) is 0.529. The lowest BCUT2D eigenvalue weighted by atomic mass is 9.91. The fourth-order valence-corrected chi connectivity index (χ4v) is 1.98. The van der Waals surface area contributed by atoms with Crippen molar-refractivity contribution in [1.29, 1.82) is 0 Å². The van der Waals surface area contributed by atoms with Gasteiger partial charge in [0.15, 0.2) is 0 Å². The fourth-order valence-electron chi connectivity index (χ4n) is 1.98. The molecule has 8 heteroatoms. The lowest BCUT2D eigenvalue weighted by molar-refractivity contribution is -0.139. The zero-order valence-corrected chi connectivity index (χ0v) is 14.8. The van der Waals surface area contributed by atoms with Crippen molar-refractivity contribution in [2.75, 3.05) is 32.5 Å². The molecule has 0 unspecified atom stereocenters. The molecule has 0 saturated carbocycles. The molecule has 0 spiro atoms. The van der Waals surface area contributed by atoms with E-state index in [4.69, 9.17) is 0 Å². The van der Waals surface area contributed by atoms with Gasteiger partial charge < -0.3 is 15.5 Å². The lowest BCUT2D eigenvalue weighted by Gasteiger charge is -2.23. The summed E-state index contributed by atoms with van der Waals surface area (Å²) >= 11 is 0. The van der Waals surface area contributed by atoms with Gasteiger partial charge in [0.1, 0.15) is 5.41 Å². The first kappa shape index (κ1) is 21.0. The second kappa shape index (κ2) is 8.33. The van der Waals surface area contributed by atoms with Crippen molar-refractivity contribution in [2.24, 2.45) is 5.41 Å². The third-order valence-electron chi connectivity index (χ3n) is 3.65. The number of nitrogens with one attached hydrogen (secondary N) is 2. The zero-order chi connectivity index (χ0) is 19.3. The first-order chi connectivity index (χ1) is 11.4. The monoisotopic (exact) mass is 359 g/mol. The third kappa shape index (κ3) is 6.38. The summed E-state index contributed by atoms with van der Waals surface area (Å²) in [5, 5.41) is 5.05. The lowest BCUT2D eigenvalue weighted by Crippen LogP contribution is -2.45. The molecule has 0 aliphatic carbocycles. The summed E-state index contributed by atoms with van der Waals surface area (Å²) in [4.78, 5) is 26.5. The first-order valence-corrected chi connectivity index (χ1v) is 7.86. The van der Waals surface area contributed by atoms with Crippen LogP contribution in [0.1, 0.15) is 25.8 Å². The third-order valence-corrected chi connectivity index (χ3v) is 3.65. The Hall–Kier alpha value is -2.09. The summed E-state index contributed by atoms with van der Waals surface area (Å²) in [6, 6.07) is 4.30. The average Bonchev–Trinajstić information content (AvgIpc) is 2.50. The molecule has 5 nitrogen and oxygen atoms in total. The van der Waals surface area contributed by atoms with Crippen molar-refractivity contribution in [2.45, 2.75) is 26.4 Å². The number of benzene rings is 1. The van der Waals surface area contributed by atoms with E-state index in [1.165, 1.54) is 26.0 Å². The van der Waals surface area contributed by atoms with E-state index in [0.29, 0.717) is 6.54 Å². The minimum absolute atomic E-state index is 0.00620. The van der Waals surface area contributed by atoms with Crippen molar-refractivity contribution >= 4 is 17.5 Å². The van der Waals surface area contributed by atoms with Crippen molar-refractivity contribution in [3.8, 4) is 0 Å². The van der Waals surface area contributed by atoms with Crippen LogP contribution in [-0.2, 0) is 15.8 Å². The molecule has 0 aliphatic heterocycles. The van der Waals surface area contributed by atoms with Crippen molar-refractivity contribution < 1.29 is 22.8 Å². The molecule has 0 atom stereocenters. The zero-order valence-electron chi connectivity index (χ0n) is 14.8. The predicted octanol–water partition coefficient (Wildman–Crippen LogP) is 2.74. The summed E-state index contributed by atoms with van der Waals surface area (Å²) in [6.45, 7) is 4.06. The Morgan fingerprint density at radius 2 is 1.76 bits per heavy atom. The molecule has 1 aromatic carbocycles. The van der Waals surface area contributed by atoms with Gasteiger partial charge in [-0.05, 0) is 59.1 Å². The highest BCUT2D eigenvalue weighted by Crippen LogP contribution is 2.31. The van der Waals surface area contributed by atoms with Gasteiger partial charge in [-0.25, -0.2) is 0 Å². The average molecular weight is 359 g/mol. The van der Waals surface area contributed by atoms with Gasteiger partial charge in [-0.15, -0.1) is 0 Å². The number of carbonyl (C=O) groups is 2. The van der Waals surface area contributed by atoms with Crippen LogP contribution in [0.15, 0.2) is 24.3 Å². The largest absolute Gasteiger partial charge is 0.416 e. The Balaban J connectivity index is 2.70. The van der Waals surface area contributed by atoms with Crippen molar-refractivity contribution in [3.05, 3.63) is 29.8 Å². The molecule has 0 fully saturated rings. The maximum absolute atomic E-state index is 12.7. The van der Waals surface area contributed by atoms with Crippen LogP contribution < -0.4 is 10.6 Å². The smallest absolute Gasteiger partial charge is 0.355 e. The van der Waals surface area contributed by atoms with Crippen LogP contribution in [0.5, 0.6) is 0 Å². The van der Waals surface area contributed by atoms with E-state index < -0.39 is 29.0 Å². The predicted molar refractivity (Wildman–Crippen MR) is 90.0 cm³/mol. The molecule has 140 valence electrons. The number of anilines is 1. The van der Waals surface area contributed by atoms with Gasteiger partial charge in [-0.3, -0.25) is 9.59 Å². The quantitative estimate of drug-likeness (QED) is 0.581. The van der Waals surface area contributed by atoms with E-state index in [2.05, 4.69) is 10.6 Å². The number of hydrogen-bond donors (Lipinski definition) is 2. The Kier molecular flexibility index (Phi) is 6.98. The molecule has 25 heavy (non-hydrogen) atoms. The van der Waals surface area contributed by atoms with E-state index in [1.807, 2.05) is 19.0 Å². The Morgan fingerprint density at radius 1 is 1.12 bits per heavy atom. The number of rotatable bonds is 7. The molecular formula is C17H24F3N3O2. The van der Waals surface area contributed by atoms with Crippen LogP contribution in [0.4, 0.5) is 18.9 Å². The molecule has 1 aromatic rings. The van der Waals surface area contributed by atoms with Crippen LogP contribution >= 0.6 is 0 Å². The highest BCUT2D eigenvalue weighted by atomic mass is 19.4. The molecular weight excluding hydrogens is 335 g/mol. The number of amides is 2. The van der Waals surface area contributed by atoms with Crippen molar-refractivity contribution in [1.82, 2.24) is 10.2 Å². The minimum atomic E-state index is -4.50. The van der Waals surface area contributed by atoms with Gasteiger partial charge in [0.25, 0.3) is 0 Å². The van der Waals surface area contributed by atoms with E-state index in [0.717, 1.165) is 25.1 Å². The normalized spacial score (nSPS) is 12.2. The number of alkyl halides is 3. The standard InChI is InChI=1S/C17H24F3N3O2/c1-16(2,14(24)21-9-6-10-23(3)4)15(25)22-13-8-5-7-12(11-13)17(18,19)20/h5,7-8,11H,6,9-10H2,1-4H3,(H,21,24)(H,22,25). The number of hydrogen-bond acceptors (Lipinski definition) is 3. The van der Waals surface area contributed by atoms with Gasteiger partial charge in [0.05, 0.1) is 5.56 Å². The summed E-state index contributed by atoms with van der Waals surface area (Å²) in [7, 11) is 3.82. The molecule has 0 heterocycles. The summed E-state index contributed by atoms with van der Waals surface area (Å²) in [5.41, 5.74) is -2.28. The van der Waals surface area contributed by atoms with Gasteiger partial charge in [-0.2, -0.15) is 13.2 Å². The summed E-state index contributed by atoms with van der Waals surface area (Å²) in [6.07, 6.45) is -3.77. The maximum atomic E-state index is 12.7. The molecule has 2 amide bonds. The maximum Gasteiger partial charge on any atom is 0.416 e. The van der Waals surface area contributed by atoms with Crippen LogP contribution in [0.2, 0.25) is 0 Å². The second-order valence-electron chi connectivity index (χ2n) is 6.57. The van der Waals surface area contributed by atoms with Gasteiger partial charge in [0.2, 0.25) is 11.8 Å². The van der Waals surface area contributed by atoms with Crippen LogP contribution in [0.3, 0.4) is 0 Å². The number of nitrogens with zero attached hydrogens (tertiary/aromatic N) is 1. The first-order valence-electron chi connectivity index (χ1n) is 7.86. The van der Waals surface area contributed by atoms with Crippen molar-refractivity contribution in [3.63, 3.8) is 0 Å². The second-order valence-corrected chi connectivity index (χ2v) is 6.57. The van der Waals surface area contributed by atoms with E-state index in [-0.39, 0.29) is 5.69 Å².